The molecule has 0 atom stereocenters. The van der Waals surface area contributed by atoms with Gasteiger partial charge in [-0.1, -0.05) is 6.07 Å². The molecule has 28 heavy (non-hydrogen) atoms. The smallest absolute Gasteiger partial charge is 0.255 e. The molecule has 0 saturated carbocycles. The zero-order chi connectivity index (χ0) is 20.5. The van der Waals surface area contributed by atoms with Gasteiger partial charge in [-0.25, -0.2) is 13.1 Å². The van der Waals surface area contributed by atoms with Crippen LogP contribution < -0.4 is 19.5 Å². The molecule has 2 aromatic rings. The van der Waals surface area contributed by atoms with Crippen molar-refractivity contribution in [2.24, 2.45) is 0 Å². The van der Waals surface area contributed by atoms with Gasteiger partial charge in [0.15, 0.2) is 11.5 Å². The van der Waals surface area contributed by atoms with Gasteiger partial charge in [0.1, 0.15) is 13.2 Å². The summed E-state index contributed by atoms with van der Waals surface area (Å²) in [6.45, 7) is 7.93. The number of fused-ring (bicyclic) bond motifs is 1. The summed E-state index contributed by atoms with van der Waals surface area (Å²) in [5.41, 5.74) is 0.756. The Labute approximate surface area is 165 Å². The molecule has 0 spiro atoms. The monoisotopic (exact) mass is 404 g/mol. The number of benzene rings is 2. The van der Waals surface area contributed by atoms with E-state index in [1.54, 1.807) is 58.0 Å². The minimum atomic E-state index is -3.72. The Bertz CT molecular complexity index is 1010. The van der Waals surface area contributed by atoms with Gasteiger partial charge in [0.05, 0.1) is 4.90 Å². The standard InChI is InChI=1S/C20H24N2O5S/c1-13-5-7-15(12-18(13)28(24,25)22-20(2,3)4)21-19(23)14-6-8-16-17(11-14)27-10-9-26-16/h5-8,11-12,22H,9-10H2,1-4H3,(H,21,23). The van der Waals surface area contributed by atoms with E-state index in [0.717, 1.165) is 0 Å². The second-order valence-electron chi connectivity index (χ2n) is 7.65. The fraction of sp³-hybridized carbons (Fsp3) is 0.350. The molecule has 0 unspecified atom stereocenters. The van der Waals surface area contributed by atoms with Crippen molar-refractivity contribution in [3.05, 3.63) is 47.5 Å². The van der Waals surface area contributed by atoms with Crippen LogP contribution in [0.1, 0.15) is 36.7 Å². The maximum atomic E-state index is 12.7. The highest BCUT2D eigenvalue weighted by molar-refractivity contribution is 7.89. The number of carbonyl (C=O) groups is 1. The first-order valence-corrected chi connectivity index (χ1v) is 10.4. The van der Waals surface area contributed by atoms with E-state index in [-0.39, 0.29) is 10.8 Å². The molecule has 1 amide bonds. The number of carbonyl (C=O) groups excluding carboxylic acids is 1. The molecule has 0 bridgehead atoms. The average molecular weight is 404 g/mol. The van der Waals surface area contributed by atoms with E-state index < -0.39 is 15.6 Å². The Morgan fingerprint density at radius 2 is 1.68 bits per heavy atom. The van der Waals surface area contributed by atoms with Crippen molar-refractivity contribution in [2.75, 3.05) is 18.5 Å². The van der Waals surface area contributed by atoms with Crippen LogP contribution in [-0.4, -0.2) is 33.1 Å². The molecule has 150 valence electrons. The molecule has 0 aromatic heterocycles. The number of nitrogens with one attached hydrogen (secondary N) is 2. The van der Waals surface area contributed by atoms with Crippen molar-refractivity contribution in [3.8, 4) is 11.5 Å². The minimum Gasteiger partial charge on any atom is -0.486 e. The van der Waals surface area contributed by atoms with Gasteiger partial charge in [-0.3, -0.25) is 4.79 Å². The minimum absolute atomic E-state index is 0.127. The summed E-state index contributed by atoms with van der Waals surface area (Å²) < 4.78 is 38.9. The van der Waals surface area contributed by atoms with Crippen LogP contribution in [0.15, 0.2) is 41.3 Å². The van der Waals surface area contributed by atoms with Crippen LogP contribution in [0.2, 0.25) is 0 Å². The Balaban J connectivity index is 1.84. The number of hydrogen-bond acceptors (Lipinski definition) is 5. The lowest BCUT2D eigenvalue weighted by molar-refractivity contribution is 0.102. The fourth-order valence-corrected chi connectivity index (χ4v) is 4.50. The molecule has 0 radical (unpaired) electrons. The molecule has 0 saturated heterocycles. The summed E-state index contributed by atoms with van der Waals surface area (Å²) in [6, 6.07) is 9.71. The quantitative estimate of drug-likeness (QED) is 0.817. The Morgan fingerprint density at radius 1 is 1.00 bits per heavy atom. The lowest BCUT2D eigenvalue weighted by atomic mass is 10.1. The highest BCUT2D eigenvalue weighted by Gasteiger charge is 2.24. The molecule has 7 nitrogen and oxygen atoms in total. The van der Waals surface area contributed by atoms with Gasteiger partial charge in [0.2, 0.25) is 10.0 Å². The predicted octanol–water partition coefficient (Wildman–Crippen LogP) is 3.10. The second-order valence-corrected chi connectivity index (χ2v) is 9.30. The second kappa shape index (κ2) is 7.44. The summed E-state index contributed by atoms with van der Waals surface area (Å²) in [5, 5.41) is 2.74. The third kappa shape index (κ3) is 4.63. The van der Waals surface area contributed by atoms with Gasteiger partial charge in [-0.05, 0) is 63.6 Å². The zero-order valence-electron chi connectivity index (χ0n) is 16.3. The van der Waals surface area contributed by atoms with Crippen molar-refractivity contribution >= 4 is 21.6 Å². The van der Waals surface area contributed by atoms with Crippen LogP contribution in [0.4, 0.5) is 5.69 Å². The van der Waals surface area contributed by atoms with Crippen LogP contribution in [0.25, 0.3) is 0 Å². The molecule has 1 aliphatic heterocycles. The number of sulfonamides is 1. The van der Waals surface area contributed by atoms with Crippen molar-refractivity contribution in [2.45, 2.75) is 38.1 Å². The van der Waals surface area contributed by atoms with Crippen LogP contribution in [0.3, 0.4) is 0 Å². The molecule has 0 aliphatic carbocycles. The first kappa shape index (κ1) is 20.2. The van der Waals surface area contributed by atoms with Crippen molar-refractivity contribution in [3.63, 3.8) is 0 Å². The van der Waals surface area contributed by atoms with Gasteiger partial charge in [0.25, 0.3) is 5.91 Å². The highest BCUT2D eigenvalue weighted by Crippen LogP contribution is 2.31. The third-order valence-electron chi connectivity index (χ3n) is 3.98. The van der Waals surface area contributed by atoms with E-state index in [0.29, 0.717) is 41.5 Å². The van der Waals surface area contributed by atoms with Crippen LogP contribution in [0, 0.1) is 6.92 Å². The Kier molecular flexibility index (Phi) is 5.36. The Hall–Kier alpha value is -2.58. The fourth-order valence-electron chi connectivity index (χ4n) is 2.81. The van der Waals surface area contributed by atoms with Gasteiger partial charge < -0.3 is 14.8 Å². The topological polar surface area (TPSA) is 93.7 Å². The van der Waals surface area contributed by atoms with Crippen LogP contribution >= 0.6 is 0 Å². The number of amides is 1. The normalized spacial score (nSPS) is 13.9. The first-order valence-electron chi connectivity index (χ1n) is 8.91. The van der Waals surface area contributed by atoms with Crippen LogP contribution in [0.5, 0.6) is 11.5 Å². The molecule has 2 N–H and O–H groups in total. The average Bonchev–Trinajstić information content (AvgIpc) is 2.60. The predicted molar refractivity (Wildman–Crippen MR) is 107 cm³/mol. The molecule has 0 fully saturated rings. The maximum Gasteiger partial charge on any atom is 0.255 e. The maximum absolute atomic E-state index is 12.7. The van der Waals surface area contributed by atoms with Crippen molar-refractivity contribution < 1.29 is 22.7 Å². The van der Waals surface area contributed by atoms with E-state index in [1.807, 2.05) is 0 Å². The van der Waals surface area contributed by atoms with Crippen molar-refractivity contribution in [1.82, 2.24) is 4.72 Å². The molecule has 1 aliphatic rings. The van der Waals surface area contributed by atoms with Gasteiger partial charge in [-0.2, -0.15) is 0 Å². The number of ether oxygens (including phenoxy) is 2. The molecular weight excluding hydrogens is 380 g/mol. The van der Waals surface area contributed by atoms with Crippen LogP contribution in [-0.2, 0) is 10.0 Å². The lowest BCUT2D eigenvalue weighted by Crippen LogP contribution is -2.40. The number of anilines is 1. The summed E-state index contributed by atoms with van der Waals surface area (Å²) in [7, 11) is -3.72. The highest BCUT2D eigenvalue weighted by atomic mass is 32.2. The molecule has 2 aromatic carbocycles. The Morgan fingerprint density at radius 3 is 2.36 bits per heavy atom. The largest absolute Gasteiger partial charge is 0.486 e. The number of rotatable bonds is 4. The third-order valence-corrected chi connectivity index (χ3v) is 5.88. The number of aryl methyl sites for hydroxylation is 1. The van der Waals surface area contributed by atoms with Gasteiger partial charge in [-0.15, -0.1) is 0 Å². The lowest BCUT2D eigenvalue weighted by Gasteiger charge is -2.21. The molecular formula is C20H24N2O5S. The van der Waals surface area contributed by atoms with Crippen molar-refractivity contribution in [1.29, 1.82) is 0 Å². The van der Waals surface area contributed by atoms with E-state index in [2.05, 4.69) is 10.0 Å². The van der Waals surface area contributed by atoms with Gasteiger partial charge in [0, 0.05) is 16.8 Å². The van der Waals surface area contributed by atoms with Gasteiger partial charge >= 0.3 is 0 Å². The summed E-state index contributed by atoms with van der Waals surface area (Å²) in [6.07, 6.45) is 0. The summed E-state index contributed by atoms with van der Waals surface area (Å²) >= 11 is 0. The zero-order valence-corrected chi connectivity index (χ0v) is 17.1. The van der Waals surface area contributed by atoms with E-state index >= 15 is 0 Å². The molecule has 1 heterocycles. The van der Waals surface area contributed by atoms with E-state index in [4.69, 9.17) is 9.47 Å². The molecule has 3 rings (SSSR count). The number of hydrogen-bond donors (Lipinski definition) is 2. The molecule has 8 heteroatoms. The summed E-state index contributed by atoms with van der Waals surface area (Å²) in [5.74, 6) is 0.744. The van der Waals surface area contributed by atoms with E-state index in [1.165, 1.54) is 6.07 Å². The first-order chi connectivity index (χ1) is 13.0. The summed E-state index contributed by atoms with van der Waals surface area (Å²) in [4.78, 5) is 12.7. The van der Waals surface area contributed by atoms with E-state index in [9.17, 15) is 13.2 Å². The SMILES string of the molecule is Cc1ccc(NC(=O)c2ccc3c(c2)OCCO3)cc1S(=O)(=O)NC(C)(C)C.